The molecule has 1 aromatic rings. The van der Waals surface area contributed by atoms with Crippen molar-refractivity contribution < 1.29 is 4.79 Å². The van der Waals surface area contributed by atoms with E-state index in [4.69, 9.17) is 10.5 Å². The highest BCUT2D eigenvalue weighted by Crippen LogP contribution is 2.18. The first kappa shape index (κ1) is 14.3. The van der Waals surface area contributed by atoms with Gasteiger partial charge in [0.2, 0.25) is 5.91 Å². The molecular weight excluding hydrogens is 266 g/mol. The van der Waals surface area contributed by atoms with Gasteiger partial charge in [0.25, 0.3) is 0 Å². The first-order valence-electron chi connectivity index (χ1n) is 6.38. The van der Waals surface area contributed by atoms with E-state index in [1.54, 1.807) is 12.1 Å². The Bertz CT molecular complexity index is 672. The van der Waals surface area contributed by atoms with Gasteiger partial charge in [-0.2, -0.15) is 15.6 Å². The predicted octanol–water partition coefficient (Wildman–Crippen LogP) is 1.89. The molecule has 6 heteroatoms. The van der Waals surface area contributed by atoms with Gasteiger partial charge in [0.05, 0.1) is 5.71 Å². The number of hydrazone groups is 1. The highest BCUT2D eigenvalue weighted by atomic mass is 16.2. The number of carbonyl (C=O) groups excluding carboxylic acids is 1. The zero-order valence-corrected chi connectivity index (χ0v) is 11.4. The van der Waals surface area contributed by atoms with Gasteiger partial charge in [0.15, 0.2) is 0 Å². The maximum absolute atomic E-state index is 11.2. The predicted molar refractivity (Wildman–Crippen MR) is 77.8 cm³/mol. The van der Waals surface area contributed by atoms with E-state index < -0.39 is 0 Å². The molecule has 0 aromatic heterocycles. The van der Waals surface area contributed by atoms with Crippen molar-refractivity contribution in [2.24, 2.45) is 11.0 Å². The van der Waals surface area contributed by atoms with E-state index in [0.29, 0.717) is 6.42 Å². The van der Waals surface area contributed by atoms with E-state index in [9.17, 15) is 4.79 Å². The van der Waals surface area contributed by atoms with Crippen LogP contribution in [-0.2, 0) is 4.79 Å². The smallest absolute Gasteiger partial charge is 0.240 e. The number of amides is 1. The van der Waals surface area contributed by atoms with Crippen molar-refractivity contribution in [1.29, 1.82) is 10.5 Å². The molecule has 0 saturated heterocycles. The second-order valence-corrected chi connectivity index (χ2v) is 4.64. The molecule has 2 rings (SSSR count). The number of nitrogens with one attached hydrogen (secondary N) is 2. The van der Waals surface area contributed by atoms with Gasteiger partial charge in [-0.05, 0) is 17.7 Å². The molecule has 0 aliphatic carbocycles. The normalized spacial score (nSPS) is 16.8. The van der Waals surface area contributed by atoms with Crippen LogP contribution in [0, 0.1) is 28.6 Å². The molecule has 1 aliphatic rings. The van der Waals surface area contributed by atoms with Crippen LogP contribution in [0.15, 0.2) is 41.1 Å². The molecule has 104 valence electrons. The Kier molecular flexibility index (Phi) is 4.33. The minimum absolute atomic E-state index is 0.00654. The van der Waals surface area contributed by atoms with Gasteiger partial charge in [-0.3, -0.25) is 4.79 Å². The van der Waals surface area contributed by atoms with Gasteiger partial charge in [-0.25, -0.2) is 5.43 Å². The van der Waals surface area contributed by atoms with Gasteiger partial charge in [-0.15, -0.1) is 0 Å². The maximum atomic E-state index is 11.2. The van der Waals surface area contributed by atoms with Crippen molar-refractivity contribution in [1.82, 2.24) is 5.43 Å². The molecule has 2 N–H and O–H groups in total. The van der Waals surface area contributed by atoms with Crippen molar-refractivity contribution in [3.63, 3.8) is 0 Å². The number of benzene rings is 1. The summed E-state index contributed by atoms with van der Waals surface area (Å²) in [5.74, 6) is -0.00329. The second kappa shape index (κ2) is 6.36. The fourth-order valence-corrected chi connectivity index (χ4v) is 1.98. The third-order valence-corrected chi connectivity index (χ3v) is 3.06. The Balaban J connectivity index is 2.13. The third kappa shape index (κ3) is 3.46. The number of nitrogens with zero attached hydrogens (tertiary/aromatic N) is 3. The van der Waals surface area contributed by atoms with Crippen molar-refractivity contribution in [2.75, 3.05) is 5.32 Å². The van der Waals surface area contributed by atoms with Crippen molar-refractivity contribution in [3.05, 3.63) is 41.6 Å². The quantitative estimate of drug-likeness (QED) is 0.825. The summed E-state index contributed by atoms with van der Waals surface area (Å²) in [6, 6.07) is 10.9. The van der Waals surface area contributed by atoms with E-state index in [1.807, 2.05) is 31.2 Å². The van der Waals surface area contributed by atoms with E-state index in [-0.39, 0.29) is 17.4 Å². The lowest BCUT2D eigenvalue weighted by molar-refractivity contribution is -0.121. The lowest BCUT2D eigenvalue weighted by atomic mass is 9.94. The average molecular weight is 279 g/mol. The lowest BCUT2D eigenvalue weighted by Gasteiger charge is -2.19. The van der Waals surface area contributed by atoms with E-state index in [2.05, 4.69) is 15.8 Å². The van der Waals surface area contributed by atoms with E-state index >= 15 is 0 Å². The van der Waals surface area contributed by atoms with Crippen LogP contribution in [0.3, 0.4) is 0 Å². The average Bonchev–Trinajstić information content (AvgIpc) is 2.49. The Morgan fingerprint density at radius 2 is 2.05 bits per heavy atom. The number of carbonyl (C=O) groups is 1. The number of allylic oxidation sites excluding steroid dienone is 1. The zero-order chi connectivity index (χ0) is 15.2. The topological polar surface area (TPSA) is 101 Å². The largest absolute Gasteiger partial charge is 0.360 e. The first-order valence-corrected chi connectivity index (χ1v) is 6.38. The monoisotopic (exact) mass is 279 g/mol. The van der Waals surface area contributed by atoms with Crippen LogP contribution < -0.4 is 10.7 Å². The van der Waals surface area contributed by atoms with Crippen LogP contribution in [0.1, 0.15) is 18.9 Å². The maximum Gasteiger partial charge on any atom is 0.240 e. The second-order valence-electron chi connectivity index (χ2n) is 4.64. The summed E-state index contributed by atoms with van der Waals surface area (Å²) in [4.78, 5) is 11.2. The SMILES string of the molecule is C[C@H]1CC(=O)NN=C1c1ccc(NC=C(C#N)C#N)cc1. The zero-order valence-electron chi connectivity index (χ0n) is 11.4. The van der Waals surface area contributed by atoms with Crippen molar-refractivity contribution >= 4 is 17.3 Å². The summed E-state index contributed by atoms with van der Waals surface area (Å²) in [5, 5.41) is 24.2. The highest BCUT2D eigenvalue weighted by Gasteiger charge is 2.21. The van der Waals surface area contributed by atoms with Crippen LogP contribution >= 0.6 is 0 Å². The van der Waals surface area contributed by atoms with Crippen LogP contribution in [0.5, 0.6) is 0 Å². The minimum atomic E-state index is -0.0739. The molecule has 21 heavy (non-hydrogen) atoms. The number of nitriles is 2. The molecule has 1 atom stereocenters. The first-order chi connectivity index (χ1) is 10.1. The molecule has 1 amide bonds. The Morgan fingerprint density at radius 1 is 1.38 bits per heavy atom. The summed E-state index contributed by atoms with van der Waals surface area (Å²) in [7, 11) is 0. The van der Waals surface area contributed by atoms with Crippen molar-refractivity contribution in [2.45, 2.75) is 13.3 Å². The molecule has 6 nitrogen and oxygen atoms in total. The molecular formula is C15H13N5O. The van der Waals surface area contributed by atoms with E-state index in [1.165, 1.54) is 6.20 Å². The lowest BCUT2D eigenvalue weighted by Crippen LogP contribution is -2.31. The summed E-state index contributed by atoms with van der Waals surface area (Å²) in [6.45, 7) is 1.96. The van der Waals surface area contributed by atoms with Crippen LogP contribution in [-0.4, -0.2) is 11.6 Å². The van der Waals surface area contributed by atoms with E-state index in [0.717, 1.165) is 17.0 Å². The van der Waals surface area contributed by atoms with Crippen molar-refractivity contribution in [3.8, 4) is 12.1 Å². The Hall–Kier alpha value is -3.12. The summed E-state index contributed by atoms with van der Waals surface area (Å²) in [5.41, 5.74) is 5.02. The van der Waals surface area contributed by atoms with Gasteiger partial charge in [-0.1, -0.05) is 19.1 Å². The summed E-state index contributed by atoms with van der Waals surface area (Å²) >= 11 is 0. The molecule has 1 aliphatic heterocycles. The summed E-state index contributed by atoms with van der Waals surface area (Å²) < 4.78 is 0. The highest BCUT2D eigenvalue weighted by molar-refractivity contribution is 6.05. The van der Waals surface area contributed by atoms with Gasteiger partial charge < -0.3 is 5.32 Å². The number of rotatable bonds is 3. The third-order valence-electron chi connectivity index (χ3n) is 3.06. The van der Waals surface area contributed by atoms with Gasteiger partial charge >= 0.3 is 0 Å². The molecule has 0 spiro atoms. The van der Waals surface area contributed by atoms with Gasteiger partial charge in [0, 0.05) is 24.2 Å². The van der Waals surface area contributed by atoms with Crippen LogP contribution in [0.4, 0.5) is 5.69 Å². The fourth-order valence-electron chi connectivity index (χ4n) is 1.98. The molecule has 1 heterocycles. The number of anilines is 1. The molecule has 0 unspecified atom stereocenters. The number of hydrogen-bond donors (Lipinski definition) is 2. The van der Waals surface area contributed by atoms with Crippen LogP contribution in [0.2, 0.25) is 0 Å². The molecule has 0 bridgehead atoms. The number of hydrogen-bond acceptors (Lipinski definition) is 5. The van der Waals surface area contributed by atoms with Gasteiger partial charge in [0.1, 0.15) is 17.7 Å². The molecule has 0 fully saturated rings. The Labute approximate surface area is 122 Å². The Morgan fingerprint density at radius 3 is 2.62 bits per heavy atom. The molecule has 1 aromatic carbocycles. The van der Waals surface area contributed by atoms with Crippen LogP contribution in [0.25, 0.3) is 0 Å². The standard InChI is InChI=1S/C15H13N5O/c1-10-6-14(21)19-20-15(10)12-2-4-13(5-3-12)18-9-11(7-16)8-17/h2-5,9-10,18H,6H2,1H3,(H,19,21)/t10-/m0/s1. The minimum Gasteiger partial charge on any atom is -0.360 e. The molecule has 0 saturated carbocycles. The molecule has 0 radical (unpaired) electrons. The fraction of sp³-hybridized carbons (Fsp3) is 0.200. The summed E-state index contributed by atoms with van der Waals surface area (Å²) in [6.07, 6.45) is 1.78.